The lowest BCUT2D eigenvalue weighted by Crippen LogP contribution is -2.49. The zero-order valence-corrected chi connectivity index (χ0v) is 12.9. The minimum atomic E-state index is -2.37. The first-order chi connectivity index (χ1) is 8.64. The fourth-order valence-electron chi connectivity index (χ4n) is 3.90. The summed E-state index contributed by atoms with van der Waals surface area (Å²) < 4.78 is 26.0. The van der Waals surface area contributed by atoms with E-state index in [1.165, 1.54) is 0 Å². The Kier molecular flexibility index (Phi) is 4.97. The Morgan fingerprint density at radius 3 is 1.95 bits per heavy atom. The molecule has 1 aliphatic rings. The number of hydrogen-bond acceptors (Lipinski definition) is 1. The van der Waals surface area contributed by atoms with Crippen molar-refractivity contribution < 1.29 is 13.6 Å². The number of nitrogens with zero attached hydrogens (tertiary/aromatic N) is 1. The SMILES string of the molecule is CC(C)N1C(=O)CC(C(C)C)(C(C)C)C1CC(F)F. The highest BCUT2D eigenvalue weighted by atomic mass is 19.3. The number of likely N-dealkylation sites (tertiary alicyclic amines) is 1. The molecule has 0 N–H and O–H groups in total. The Labute approximate surface area is 115 Å². The Bertz CT molecular complexity index is 318. The van der Waals surface area contributed by atoms with Gasteiger partial charge >= 0.3 is 0 Å². The van der Waals surface area contributed by atoms with Crippen LogP contribution >= 0.6 is 0 Å². The maximum absolute atomic E-state index is 13.0. The minimum Gasteiger partial charge on any atom is -0.336 e. The van der Waals surface area contributed by atoms with E-state index in [1.807, 2.05) is 13.8 Å². The Morgan fingerprint density at radius 2 is 1.63 bits per heavy atom. The molecule has 1 atom stereocenters. The van der Waals surface area contributed by atoms with Crippen molar-refractivity contribution in [3.05, 3.63) is 0 Å². The molecule has 2 nitrogen and oxygen atoms in total. The molecule has 1 saturated heterocycles. The van der Waals surface area contributed by atoms with Crippen molar-refractivity contribution in [3.8, 4) is 0 Å². The van der Waals surface area contributed by atoms with Crippen molar-refractivity contribution in [1.29, 1.82) is 0 Å². The summed E-state index contributed by atoms with van der Waals surface area (Å²) in [4.78, 5) is 14.0. The zero-order chi connectivity index (χ0) is 15.0. The van der Waals surface area contributed by atoms with Crippen LogP contribution in [0.1, 0.15) is 54.4 Å². The molecule has 1 fully saturated rings. The van der Waals surface area contributed by atoms with Gasteiger partial charge in [-0.3, -0.25) is 4.79 Å². The first kappa shape index (κ1) is 16.4. The van der Waals surface area contributed by atoms with Crippen LogP contribution in [0.3, 0.4) is 0 Å². The highest BCUT2D eigenvalue weighted by Crippen LogP contribution is 2.51. The molecule has 1 unspecified atom stereocenters. The standard InChI is InChI=1S/C15H27F2NO/c1-9(2)15(10(3)4)8-14(19)18(11(5)6)12(15)7-13(16)17/h9-13H,7-8H2,1-6H3. The molecule has 1 amide bonds. The lowest BCUT2D eigenvalue weighted by atomic mass is 9.63. The summed E-state index contributed by atoms with van der Waals surface area (Å²) in [6.07, 6.45) is -2.17. The summed E-state index contributed by atoms with van der Waals surface area (Å²) in [5.74, 6) is 0.455. The van der Waals surface area contributed by atoms with Crippen LogP contribution in [0.5, 0.6) is 0 Å². The molecular formula is C15H27F2NO. The summed E-state index contributed by atoms with van der Waals surface area (Å²) in [5, 5.41) is 0. The van der Waals surface area contributed by atoms with Gasteiger partial charge in [-0.15, -0.1) is 0 Å². The number of alkyl halides is 2. The lowest BCUT2D eigenvalue weighted by molar-refractivity contribution is -0.131. The van der Waals surface area contributed by atoms with E-state index in [2.05, 4.69) is 27.7 Å². The van der Waals surface area contributed by atoms with Crippen molar-refractivity contribution in [2.45, 2.75) is 72.9 Å². The maximum atomic E-state index is 13.0. The van der Waals surface area contributed by atoms with Crippen LogP contribution in [0.2, 0.25) is 0 Å². The predicted molar refractivity (Wildman–Crippen MR) is 73.1 cm³/mol. The normalized spacial score (nSPS) is 23.5. The number of halogens is 2. The monoisotopic (exact) mass is 275 g/mol. The molecule has 19 heavy (non-hydrogen) atoms. The molecule has 0 radical (unpaired) electrons. The van der Waals surface area contributed by atoms with Gasteiger partial charge in [-0.05, 0) is 25.7 Å². The molecular weight excluding hydrogens is 248 g/mol. The van der Waals surface area contributed by atoms with Crippen LogP contribution in [0.4, 0.5) is 8.78 Å². The summed E-state index contributed by atoms with van der Waals surface area (Å²) in [5.41, 5.74) is -0.336. The Morgan fingerprint density at radius 1 is 1.16 bits per heavy atom. The van der Waals surface area contributed by atoms with E-state index in [0.29, 0.717) is 6.42 Å². The van der Waals surface area contributed by atoms with Gasteiger partial charge < -0.3 is 4.90 Å². The van der Waals surface area contributed by atoms with Gasteiger partial charge in [0.15, 0.2) is 0 Å². The van der Waals surface area contributed by atoms with Crippen LogP contribution in [-0.4, -0.2) is 29.3 Å². The van der Waals surface area contributed by atoms with E-state index in [1.54, 1.807) is 4.90 Å². The lowest BCUT2D eigenvalue weighted by Gasteiger charge is -2.45. The van der Waals surface area contributed by atoms with Gasteiger partial charge in [-0.25, -0.2) is 8.78 Å². The quantitative estimate of drug-likeness (QED) is 0.744. The fraction of sp³-hybridized carbons (Fsp3) is 0.933. The molecule has 0 aliphatic carbocycles. The van der Waals surface area contributed by atoms with E-state index in [9.17, 15) is 13.6 Å². The van der Waals surface area contributed by atoms with E-state index < -0.39 is 6.43 Å². The largest absolute Gasteiger partial charge is 0.336 e. The van der Waals surface area contributed by atoms with Crippen LogP contribution < -0.4 is 0 Å². The molecule has 1 rings (SSSR count). The van der Waals surface area contributed by atoms with Gasteiger partial charge in [0, 0.05) is 30.3 Å². The second-order valence-electron chi connectivity index (χ2n) is 6.64. The van der Waals surface area contributed by atoms with Gasteiger partial charge in [0.25, 0.3) is 0 Å². The van der Waals surface area contributed by atoms with Crippen LogP contribution in [-0.2, 0) is 4.79 Å². The van der Waals surface area contributed by atoms with Crippen molar-refractivity contribution in [1.82, 2.24) is 4.90 Å². The van der Waals surface area contributed by atoms with Crippen molar-refractivity contribution in [3.63, 3.8) is 0 Å². The summed E-state index contributed by atoms with van der Waals surface area (Å²) >= 11 is 0. The van der Waals surface area contributed by atoms with E-state index in [-0.39, 0.29) is 41.7 Å². The summed E-state index contributed by atoms with van der Waals surface area (Å²) in [6, 6.07) is -0.365. The molecule has 0 aromatic rings. The van der Waals surface area contributed by atoms with Gasteiger partial charge in [-0.1, -0.05) is 27.7 Å². The molecule has 4 heteroatoms. The average molecular weight is 275 g/mol. The van der Waals surface area contributed by atoms with E-state index >= 15 is 0 Å². The van der Waals surface area contributed by atoms with Crippen molar-refractivity contribution in [2.24, 2.45) is 17.3 Å². The van der Waals surface area contributed by atoms with E-state index in [4.69, 9.17) is 0 Å². The third-order valence-electron chi connectivity index (χ3n) is 4.81. The molecule has 1 heterocycles. The number of rotatable bonds is 5. The third kappa shape index (κ3) is 2.77. The van der Waals surface area contributed by atoms with Crippen LogP contribution in [0, 0.1) is 17.3 Å². The molecule has 0 aromatic heterocycles. The highest BCUT2D eigenvalue weighted by Gasteiger charge is 2.55. The molecule has 0 bridgehead atoms. The van der Waals surface area contributed by atoms with Gasteiger partial charge in [-0.2, -0.15) is 0 Å². The minimum absolute atomic E-state index is 0.0179. The first-order valence-corrected chi connectivity index (χ1v) is 7.23. The number of carbonyl (C=O) groups excluding carboxylic acids is 1. The van der Waals surface area contributed by atoms with Gasteiger partial charge in [0.2, 0.25) is 12.3 Å². The fourth-order valence-corrected chi connectivity index (χ4v) is 3.90. The van der Waals surface area contributed by atoms with Gasteiger partial charge in [0.1, 0.15) is 0 Å². The van der Waals surface area contributed by atoms with Crippen molar-refractivity contribution >= 4 is 5.91 Å². The molecule has 0 spiro atoms. The summed E-state index contributed by atoms with van der Waals surface area (Å²) in [6.45, 7) is 12.0. The third-order valence-corrected chi connectivity index (χ3v) is 4.81. The first-order valence-electron chi connectivity index (χ1n) is 7.23. The number of carbonyl (C=O) groups is 1. The van der Waals surface area contributed by atoms with E-state index in [0.717, 1.165) is 0 Å². The second-order valence-corrected chi connectivity index (χ2v) is 6.64. The topological polar surface area (TPSA) is 20.3 Å². The molecule has 0 aromatic carbocycles. The number of hydrogen-bond donors (Lipinski definition) is 0. The maximum Gasteiger partial charge on any atom is 0.240 e. The summed E-state index contributed by atoms with van der Waals surface area (Å²) in [7, 11) is 0. The number of amides is 1. The Balaban J connectivity index is 3.25. The van der Waals surface area contributed by atoms with Crippen LogP contribution in [0.25, 0.3) is 0 Å². The van der Waals surface area contributed by atoms with Crippen LogP contribution in [0.15, 0.2) is 0 Å². The molecule has 0 saturated carbocycles. The zero-order valence-electron chi connectivity index (χ0n) is 12.9. The average Bonchev–Trinajstić information content (AvgIpc) is 2.51. The Hall–Kier alpha value is -0.670. The highest BCUT2D eigenvalue weighted by molar-refractivity contribution is 5.80. The predicted octanol–water partition coefficient (Wildman–Crippen LogP) is 3.95. The molecule has 112 valence electrons. The van der Waals surface area contributed by atoms with Crippen molar-refractivity contribution in [2.75, 3.05) is 0 Å². The van der Waals surface area contributed by atoms with Gasteiger partial charge in [0.05, 0.1) is 0 Å². The molecule has 1 aliphatic heterocycles. The second kappa shape index (κ2) is 5.76. The smallest absolute Gasteiger partial charge is 0.240 e.